The minimum absolute atomic E-state index is 0.241. The monoisotopic (exact) mass is 375 g/mol. The van der Waals surface area contributed by atoms with Gasteiger partial charge in [-0.3, -0.25) is 5.41 Å². The van der Waals surface area contributed by atoms with Crippen LogP contribution >= 0.6 is 0 Å². The number of aromatic nitrogens is 3. The quantitative estimate of drug-likeness (QED) is 0.355. The second-order valence-corrected chi connectivity index (χ2v) is 6.80. The lowest BCUT2D eigenvalue weighted by Crippen LogP contribution is -2.07. The molecule has 3 rings (SSSR count). The lowest BCUT2D eigenvalue weighted by Gasteiger charge is -2.10. The Bertz CT molecular complexity index is 942. The zero-order valence-corrected chi connectivity index (χ0v) is 16.1. The second kappa shape index (κ2) is 8.99. The molecule has 0 aliphatic rings. The van der Waals surface area contributed by atoms with Crippen molar-refractivity contribution in [1.29, 1.82) is 5.41 Å². The van der Waals surface area contributed by atoms with Crippen molar-refractivity contribution in [2.75, 3.05) is 5.32 Å². The largest absolute Gasteiger partial charge is 0.508 e. The number of hydrogen-bond donors (Lipinski definition) is 4. The standard InChI is InChI=1S/C22H25N5O/c1-3-15(2)17-6-8-18(9-7-17)24-20(23)12-13-21-25-22(27-26-21)14-16-4-10-19(28)11-5-16/h4-13,15,28H,3,14H2,1-2H3,(H2,23,24)(H,25,26,27)/b13-12-. The van der Waals surface area contributed by atoms with Gasteiger partial charge >= 0.3 is 0 Å². The van der Waals surface area contributed by atoms with Gasteiger partial charge in [0.05, 0.1) is 0 Å². The van der Waals surface area contributed by atoms with E-state index in [0.717, 1.165) is 23.5 Å². The zero-order valence-electron chi connectivity index (χ0n) is 16.1. The molecule has 0 radical (unpaired) electrons. The van der Waals surface area contributed by atoms with Gasteiger partial charge < -0.3 is 15.4 Å². The molecule has 0 fully saturated rings. The molecule has 0 saturated carbocycles. The van der Waals surface area contributed by atoms with Crippen LogP contribution in [-0.2, 0) is 6.42 Å². The van der Waals surface area contributed by atoms with Crippen LogP contribution in [0.2, 0.25) is 0 Å². The number of amidine groups is 1. The van der Waals surface area contributed by atoms with Gasteiger partial charge in [-0.2, -0.15) is 0 Å². The molecule has 6 heteroatoms. The molecule has 6 nitrogen and oxygen atoms in total. The van der Waals surface area contributed by atoms with E-state index in [1.807, 2.05) is 24.3 Å². The summed E-state index contributed by atoms with van der Waals surface area (Å²) in [6.45, 7) is 4.39. The third-order valence-electron chi connectivity index (χ3n) is 4.64. The molecule has 0 saturated heterocycles. The summed E-state index contributed by atoms with van der Waals surface area (Å²) in [5, 5.41) is 28.7. The molecular formula is C22H25N5O. The maximum Gasteiger partial charge on any atom is 0.154 e. The maximum absolute atomic E-state index is 9.33. The molecule has 28 heavy (non-hydrogen) atoms. The average molecular weight is 375 g/mol. The summed E-state index contributed by atoms with van der Waals surface area (Å²) in [7, 11) is 0. The van der Waals surface area contributed by atoms with Gasteiger partial charge in [-0.05, 0) is 59.9 Å². The molecule has 0 spiro atoms. The summed E-state index contributed by atoms with van der Waals surface area (Å²) >= 11 is 0. The van der Waals surface area contributed by atoms with E-state index in [1.54, 1.807) is 24.3 Å². The van der Waals surface area contributed by atoms with E-state index in [9.17, 15) is 5.11 Å². The highest BCUT2D eigenvalue weighted by atomic mass is 16.3. The first-order valence-corrected chi connectivity index (χ1v) is 9.36. The zero-order chi connectivity index (χ0) is 19.9. The molecule has 1 heterocycles. The van der Waals surface area contributed by atoms with E-state index in [4.69, 9.17) is 5.41 Å². The van der Waals surface area contributed by atoms with E-state index in [1.165, 1.54) is 5.56 Å². The molecule has 2 aromatic carbocycles. The van der Waals surface area contributed by atoms with E-state index in [2.05, 4.69) is 46.5 Å². The predicted octanol–water partition coefficient (Wildman–Crippen LogP) is 4.72. The highest BCUT2D eigenvalue weighted by Gasteiger charge is 2.04. The van der Waals surface area contributed by atoms with Crippen molar-refractivity contribution in [2.24, 2.45) is 0 Å². The molecule has 1 unspecified atom stereocenters. The minimum Gasteiger partial charge on any atom is -0.508 e. The Morgan fingerprint density at radius 3 is 2.54 bits per heavy atom. The molecule has 0 amide bonds. The highest BCUT2D eigenvalue weighted by molar-refractivity contribution is 6.03. The number of H-pyrrole nitrogens is 1. The topological polar surface area (TPSA) is 97.7 Å². The Labute approximate surface area is 164 Å². The normalized spacial score (nSPS) is 12.2. The Morgan fingerprint density at radius 1 is 1.14 bits per heavy atom. The van der Waals surface area contributed by atoms with Crippen LogP contribution in [0.25, 0.3) is 6.08 Å². The van der Waals surface area contributed by atoms with Gasteiger partial charge in [-0.25, -0.2) is 0 Å². The lowest BCUT2D eigenvalue weighted by molar-refractivity contribution is 0.475. The van der Waals surface area contributed by atoms with E-state index in [-0.39, 0.29) is 11.6 Å². The molecule has 144 valence electrons. The van der Waals surface area contributed by atoms with Gasteiger partial charge in [0.1, 0.15) is 17.4 Å². The number of phenolic OH excluding ortho intramolecular Hbond substituents is 1. The first kappa shape index (κ1) is 19.4. The summed E-state index contributed by atoms with van der Waals surface area (Å²) in [4.78, 5) is 3.13. The smallest absolute Gasteiger partial charge is 0.154 e. The van der Waals surface area contributed by atoms with E-state index >= 15 is 0 Å². The number of rotatable bonds is 7. The first-order chi connectivity index (χ1) is 13.5. The molecule has 4 N–H and O–H groups in total. The Kier molecular flexibility index (Phi) is 6.22. The molecule has 0 aliphatic heterocycles. The number of aromatic amines is 1. The Morgan fingerprint density at radius 2 is 1.86 bits per heavy atom. The van der Waals surface area contributed by atoms with Gasteiger partial charge in [-0.1, -0.05) is 38.1 Å². The summed E-state index contributed by atoms with van der Waals surface area (Å²) < 4.78 is 0. The van der Waals surface area contributed by atoms with Crippen LogP contribution in [0.5, 0.6) is 5.75 Å². The minimum atomic E-state index is 0.241. The summed E-state index contributed by atoms with van der Waals surface area (Å²) in [6, 6.07) is 15.2. The third-order valence-corrected chi connectivity index (χ3v) is 4.64. The van der Waals surface area contributed by atoms with Crippen LogP contribution in [0.1, 0.15) is 49.0 Å². The van der Waals surface area contributed by atoms with Crippen molar-refractivity contribution < 1.29 is 5.11 Å². The number of nitrogens with one attached hydrogen (secondary N) is 3. The molecule has 3 aromatic rings. The van der Waals surface area contributed by atoms with E-state index in [0.29, 0.717) is 18.2 Å². The van der Waals surface area contributed by atoms with Crippen LogP contribution in [-0.4, -0.2) is 26.1 Å². The first-order valence-electron chi connectivity index (χ1n) is 9.36. The highest BCUT2D eigenvalue weighted by Crippen LogP contribution is 2.20. The van der Waals surface area contributed by atoms with Gasteiger partial charge in [0.25, 0.3) is 0 Å². The molecule has 0 bridgehead atoms. The van der Waals surface area contributed by atoms with Crippen molar-refractivity contribution >= 4 is 17.6 Å². The average Bonchev–Trinajstić information content (AvgIpc) is 3.15. The maximum atomic E-state index is 9.33. The SMILES string of the molecule is CCC(C)c1ccc(NC(=N)/C=C\c2nnc(Cc3ccc(O)cc3)[nH]2)cc1. The van der Waals surface area contributed by atoms with Crippen molar-refractivity contribution in [3.05, 3.63) is 77.4 Å². The van der Waals surface area contributed by atoms with Crippen molar-refractivity contribution in [3.8, 4) is 5.75 Å². The van der Waals surface area contributed by atoms with E-state index < -0.39 is 0 Å². The third kappa shape index (κ3) is 5.30. The fraction of sp³-hybridized carbons (Fsp3) is 0.227. The van der Waals surface area contributed by atoms with Gasteiger partial charge in [-0.15, -0.1) is 10.2 Å². The number of hydrogen-bond acceptors (Lipinski definition) is 4. The Hall–Kier alpha value is -3.41. The van der Waals surface area contributed by atoms with Gasteiger partial charge in [0.2, 0.25) is 0 Å². The van der Waals surface area contributed by atoms with Crippen LogP contribution in [0.3, 0.4) is 0 Å². The van der Waals surface area contributed by atoms with Crippen molar-refractivity contribution in [1.82, 2.24) is 15.2 Å². The van der Waals surface area contributed by atoms with Crippen molar-refractivity contribution in [3.63, 3.8) is 0 Å². The number of benzene rings is 2. The molecule has 1 aromatic heterocycles. The van der Waals surface area contributed by atoms with Gasteiger partial charge in [0, 0.05) is 12.1 Å². The molecular weight excluding hydrogens is 350 g/mol. The number of nitrogens with zero attached hydrogens (tertiary/aromatic N) is 2. The summed E-state index contributed by atoms with van der Waals surface area (Å²) in [5.74, 6) is 2.37. The van der Waals surface area contributed by atoms with Crippen LogP contribution < -0.4 is 5.32 Å². The fourth-order valence-corrected chi connectivity index (χ4v) is 2.76. The van der Waals surface area contributed by atoms with Crippen LogP contribution in [0.4, 0.5) is 5.69 Å². The number of phenols is 1. The Balaban J connectivity index is 1.55. The fourth-order valence-electron chi connectivity index (χ4n) is 2.76. The summed E-state index contributed by atoms with van der Waals surface area (Å²) in [6.07, 6.45) is 5.07. The molecule has 0 aliphatic carbocycles. The van der Waals surface area contributed by atoms with Crippen LogP contribution in [0, 0.1) is 5.41 Å². The number of anilines is 1. The lowest BCUT2D eigenvalue weighted by atomic mass is 9.99. The summed E-state index contributed by atoms with van der Waals surface area (Å²) in [5.41, 5.74) is 3.21. The van der Waals surface area contributed by atoms with Gasteiger partial charge in [0.15, 0.2) is 5.82 Å². The number of aromatic hydroxyl groups is 1. The molecule has 1 atom stereocenters. The second-order valence-electron chi connectivity index (χ2n) is 6.80. The predicted molar refractivity (Wildman–Crippen MR) is 113 cm³/mol. The van der Waals surface area contributed by atoms with Crippen LogP contribution in [0.15, 0.2) is 54.6 Å². The van der Waals surface area contributed by atoms with Crippen molar-refractivity contribution in [2.45, 2.75) is 32.6 Å².